The molecular weight excluding hydrogens is 59.8 g/mol. The molecule has 17 valence electrons. The summed E-state index contributed by atoms with van der Waals surface area (Å²) in [6, 6.07) is 0. The largest absolute Gasteiger partial charge is 0.251 e. The van der Waals surface area contributed by atoms with Gasteiger partial charge in [0.25, 0.3) is 0 Å². The first-order valence-corrected chi connectivity index (χ1v) is 0.224. The zero-order chi connectivity index (χ0) is 2.71. The molecule has 0 saturated carbocycles. The molecule has 0 aromatic heterocycles. The summed E-state index contributed by atoms with van der Waals surface area (Å²) in [4.78, 5) is 0. The van der Waals surface area contributed by atoms with Crippen molar-refractivity contribution in [3.63, 3.8) is 0 Å². The van der Waals surface area contributed by atoms with Crippen LogP contribution in [0, 0.1) is 11.2 Å². The standard InChI is InChI=1S/CH3BN.Na/c2-1-3;/h2H3;/q-1;. The first kappa shape index (κ1) is 8.82. The van der Waals surface area contributed by atoms with Crippen LogP contribution in [-0.4, -0.2) is 37.4 Å². The number of nitrogens with zero attached hydrogens (tertiary/aromatic N) is 1. The Morgan fingerprint density at radius 2 is 1.75 bits per heavy atom. The van der Waals surface area contributed by atoms with Crippen molar-refractivity contribution in [2.75, 3.05) is 0 Å². The molecule has 0 atom stereocenters. The van der Waals surface area contributed by atoms with Gasteiger partial charge in [-0.1, -0.05) is 0 Å². The van der Waals surface area contributed by atoms with E-state index in [1.807, 2.05) is 5.97 Å². The van der Waals surface area contributed by atoms with Gasteiger partial charge in [-0.2, -0.15) is 5.97 Å². The van der Waals surface area contributed by atoms with Crippen molar-refractivity contribution >= 4 is 37.4 Å². The zero-order valence-electron chi connectivity index (χ0n) is 1.95. The van der Waals surface area contributed by atoms with E-state index in [0.29, 0.717) is 0 Å². The van der Waals surface area contributed by atoms with Crippen molar-refractivity contribution < 1.29 is 0 Å². The molecule has 0 aliphatic rings. The molecule has 0 saturated heterocycles. The Morgan fingerprint density at radius 3 is 1.75 bits per heavy atom. The Morgan fingerprint density at radius 1 is 1.75 bits per heavy atom. The van der Waals surface area contributed by atoms with Crippen molar-refractivity contribution in [3.8, 4) is 5.97 Å². The Balaban J connectivity index is 0. The van der Waals surface area contributed by atoms with Crippen LogP contribution in [-0.2, 0) is 0 Å². The minimum atomic E-state index is 0. The molecule has 0 N–H and O–H groups in total. The van der Waals surface area contributed by atoms with Crippen molar-refractivity contribution in [3.05, 3.63) is 0 Å². The third kappa shape index (κ3) is 20.1. The topological polar surface area (TPSA) is 23.8 Å². The van der Waals surface area contributed by atoms with Crippen LogP contribution >= 0.6 is 0 Å². The van der Waals surface area contributed by atoms with Gasteiger partial charge in [-0.25, -0.2) is 0 Å². The minimum Gasteiger partial charge on any atom is -0.251 e. The summed E-state index contributed by atoms with van der Waals surface area (Å²) in [5.74, 6) is 2.00. The Labute approximate surface area is 48.7 Å². The summed E-state index contributed by atoms with van der Waals surface area (Å²) in [6.45, 7) is 0. The van der Waals surface area contributed by atoms with E-state index in [1.165, 1.54) is 0 Å². The van der Waals surface area contributed by atoms with E-state index < -0.39 is 0 Å². The van der Waals surface area contributed by atoms with Crippen LogP contribution in [0.2, 0.25) is 0 Å². The molecule has 0 heterocycles. The maximum atomic E-state index is 7.43. The second-order valence-corrected chi connectivity index (χ2v) is 0. The molecule has 0 rings (SSSR count). The molecule has 1 nitrogen and oxygen atoms in total. The number of hydrogen-bond donors (Lipinski definition) is 0. The fourth-order valence-corrected chi connectivity index (χ4v) is 0. The fourth-order valence-electron chi connectivity index (χ4n) is 0. The summed E-state index contributed by atoms with van der Waals surface area (Å²) in [7, 11) is 0.0694. The molecule has 1 radical (unpaired) electrons. The zero-order valence-corrected chi connectivity index (χ0v) is 3.95. The molecule has 0 fully saturated rings. The van der Waals surface area contributed by atoms with E-state index in [4.69, 9.17) is 5.26 Å². The SMILES string of the molecule is [BH3-]C#N.[Na]. The molecule has 0 aliphatic heterocycles. The Hall–Kier alpha value is 0.555. The molecular formula is CH3BNNa-. The second-order valence-electron chi connectivity index (χ2n) is 0. The average molecular weight is 62.8 g/mol. The minimum absolute atomic E-state index is 0. The van der Waals surface area contributed by atoms with E-state index in [-0.39, 0.29) is 37.4 Å². The number of nitriles is 1. The van der Waals surface area contributed by atoms with E-state index >= 15 is 0 Å². The van der Waals surface area contributed by atoms with Gasteiger partial charge in [0, 0.05) is 29.6 Å². The Kier molecular flexibility index (Phi) is 21.2. The molecule has 0 aromatic rings. The molecule has 0 amide bonds. The molecule has 0 spiro atoms. The van der Waals surface area contributed by atoms with Crippen molar-refractivity contribution in [1.82, 2.24) is 0 Å². The average Bonchev–Trinajstić information content (AvgIpc) is 0.918. The maximum absolute atomic E-state index is 7.43. The van der Waals surface area contributed by atoms with Crippen LogP contribution in [0.15, 0.2) is 0 Å². The van der Waals surface area contributed by atoms with Crippen molar-refractivity contribution in [1.29, 1.82) is 5.26 Å². The Bertz CT molecular complexity index is 29.5. The summed E-state index contributed by atoms with van der Waals surface area (Å²) in [6.07, 6.45) is 0. The molecule has 4 heavy (non-hydrogen) atoms. The van der Waals surface area contributed by atoms with Gasteiger partial charge >= 0.3 is 0 Å². The van der Waals surface area contributed by atoms with Crippen molar-refractivity contribution in [2.45, 2.75) is 0 Å². The van der Waals surface area contributed by atoms with Crippen LogP contribution in [0.3, 0.4) is 0 Å². The summed E-state index contributed by atoms with van der Waals surface area (Å²) in [5, 5.41) is 7.43. The van der Waals surface area contributed by atoms with Crippen LogP contribution in [0.5, 0.6) is 0 Å². The van der Waals surface area contributed by atoms with Crippen LogP contribution < -0.4 is 0 Å². The van der Waals surface area contributed by atoms with Crippen molar-refractivity contribution in [2.24, 2.45) is 0 Å². The summed E-state index contributed by atoms with van der Waals surface area (Å²) in [5.41, 5.74) is 0. The maximum Gasteiger partial charge on any atom is 0.0598 e. The van der Waals surface area contributed by atoms with Gasteiger partial charge in [-0.15, -0.1) is 0 Å². The van der Waals surface area contributed by atoms with E-state index in [2.05, 4.69) is 0 Å². The number of hydrogen-bond acceptors (Lipinski definition) is 1. The van der Waals surface area contributed by atoms with Gasteiger partial charge in [-0.3, -0.25) is 5.26 Å². The quantitative estimate of drug-likeness (QED) is 0.312. The molecule has 0 bridgehead atoms. The van der Waals surface area contributed by atoms with E-state index in [1.54, 1.807) is 0 Å². The second kappa shape index (κ2) is 9.60. The fraction of sp³-hybridized carbons (Fsp3) is 0. The summed E-state index contributed by atoms with van der Waals surface area (Å²) < 4.78 is 0. The van der Waals surface area contributed by atoms with Crippen LogP contribution in [0.4, 0.5) is 0 Å². The molecule has 3 heteroatoms. The third-order valence-corrected chi connectivity index (χ3v) is 0. The van der Waals surface area contributed by atoms with Gasteiger partial charge in [0.1, 0.15) is 0 Å². The molecule has 0 aromatic carbocycles. The first-order chi connectivity index (χ1) is 1.41. The predicted molar refractivity (Wildman–Crippen MR) is 21.3 cm³/mol. The van der Waals surface area contributed by atoms with Crippen LogP contribution in [0.1, 0.15) is 0 Å². The normalized spacial score (nSPS) is 2.00. The van der Waals surface area contributed by atoms with Crippen LogP contribution in [0.25, 0.3) is 0 Å². The predicted octanol–water partition coefficient (Wildman–Crippen LogP) is -1.55. The molecule has 0 aliphatic carbocycles. The van der Waals surface area contributed by atoms with Gasteiger partial charge in [0.2, 0.25) is 0 Å². The molecule has 0 unspecified atom stereocenters. The monoisotopic (exact) mass is 63.0 g/mol. The third-order valence-electron chi connectivity index (χ3n) is 0. The van der Waals surface area contributed by atoms with Gasteiger partial charge in [0.15, 0.2) is 0 Å². The van der Waals surface area contributed by atoms with E-state index in [9.17, 15) is 0 Å². The van der Waals surface area contributed by atoms with E-state index in [0.717, 1.165) is 0 Å². The van der Waals surface area contributed by atoms with Gasteiger partial charge in [0.05, 0.1) is 7.85 Å². The smallest absolute Gasteiger partial charge is 0.0598 e. The van der Waals surface area contributed by atoms with Gasteiger partial charge in [-0.05, 0) is 0 Å². The summed E-state index contributed by atoms with van der Waals surface area (Å²) >= 11 is 0. The van der Waals surface area contributed by atoms with Gasteiger partial charge < -0.3 is 0 Å². The number of rotatable bonds is 0. The first-order valence-electron chi connectivity index (χ1n) is 0.224.